The van der Waals surface area contributed by atoms with E-state index < -0.39 is 69.2 Å². The molecule has 0 aliphatic carbocycles. The first-order valence-corrected chi connectivity index (χ1v) is 15.4. The summed E-state index contributed by atoms with van der Waals surface area (Å²) in [5, 5.41) is 1.83. The number of nitrogens with one attached hydrogen (secondary N) is 1. The molecule has 0 heterocycles. The van der Waals surface area contributed by atoms with Crippen molar-refractivity contribution in [3.8, 4) is 0 Å². The summed E-state index contributed by atoms with van der Waals surface area (Å²) < 4.78 is 84.6. The van der Waals surface area contributed by atoms with Crippen molar-refractivity contribution in [2.24, 2.45) is 0 Å². The van der Waals surface area contributed by atoms with Crippen LogP contribution in [0, 0.1) is 5.82 Å². The molecule has 2 amide bonds. The van der Waals surface area contributed by atoms with Crippen molar-refractivity contribution >= 4 is 39.1 Å². The molecule has 0 aliphatic heterocycles. The van der Waals surface area contributed by atoms with Gasteiger partial charge in [0.2, 0.25) is 11.8 Å². The quantitative estimate of drug-likeness (QED) is 0.198. The lowest BCUT2D eigenvalue weighted by Crippen LogP contribution is -2.53. The molecule has 7 nitrogen and oxygen atoms in total. The van der Waals surface area contributed by atoms with Crippen LogP contribution in [0.25, 0.3) is 0 Å². The third kappa shape index (κ3) is 8.00. The third-order valence-electron chi connectivity index (χ3n) is 6.97. The Balaban J connectivity index is 1.85. The highest BCUT2D eigenvalue weighted by Crippen LogP contribution is 2.38. The van der Waals surface area contributed by atoms with Crippen LogP contribution in [0.3, 0.4) is 0 Å². The van der Waals surface area contributed by atoms with Crippen LogP contribution in [0.5, 0.6) is 0 Å². The zero-order valence-electron chi connectivity index (χ0n) is 23.8. The summed E-state index contributed by atoms with van der Waals surface area (Å²) in [6.07, 6.45) is -4.96. The van der Waals surface area contributed by atoms with Gasteiger partial charge in [0.15, 0.2) is 0 Å². The van der Waals surface area contributed by atoms with E-state index in [0.717, 1.165) is 17.0 Å². The molecule has 1 atom stereocenters. The summed E-state index contributed by atoms with van der Waals surface area (Å²) in [6, 6.07) is 22.3. The fourth-order valence-corrected chi connectivity index (χ4v) is 6.32. The minimum absolute atomic E-state index is 0.0225. The second-order valence-corrected chi connectivity index (χ2v) is 12.2. The molecule has 45 heavy (non-hydrogen) atoms. The van der Waals surface area contributed by atoms with Crippen molar-refractivity contribution in [2.75, 3.05) is 17.9 Å². The van der Waals surface area contributed by atoms with Crippen LogP contribution in [0.1, 0.15) is 16.7 Å². The summed E-state index contributed by atoms with van der Waals surface area (Å²) >= 11 is 5.80. The van der Waals surface area contributed by atoms with Gasteiger partial charge in [0.05, 0.1) is 21.2 Å². The summed E-state index contributed by atoms with van der Waals surface area (Å²) in [5.41, 5.74) is -1.11. The molecule has 4 aromatic carbocycles. The minimum Gasteiger partial charge on any atom is -0.357 e. The predicted molar refractivity (Wildman–Crippen MR) is 162 cm³/mol. The molecular weight excluding hydrogens is 634 g/mol. The van der Waals surface area contributed by atoms with E-state index in [2.05, 4.69) is 5.32 Å². The van der Waals surface area contributed by atoms with Crippen molar-refractivity contribution in [1.29, 1.82) is 0 Å². The zero-order valence-corrected chi connectivity index (χ0v) is 25.4. The van der Waals surface area contributed by atoms with Gasteiger partial charge in [-0.05, 0) is 42.0 Å². The van der Waals surface area contributed by atoms with E-state index in [4.69, 9.17) is 11.6 Å². The molecule has 0 spiro atoms. The number of carbonyl (C=O) groups excluding carboxylic acids is 2. The lowest BCUT2D eigenvalue weighted by Gasteiger charge is -2.33. The van der Waals surface area contributed by atoms with Gasteiger partial charge in [-0.2, -0.15) is 13.2 Å². The Kier molecular flexibility index (Phi) is 10.5. The number of hydrogen-bond donors (Lipinski definition) is 1. The lowest BCUT2D eigenvalue weighted by atomic mass is 10.0. The van der Waals surface area contributed by atoms with E-state index in [1.165, 1.54) is 55.6 Å². The van der Waals surface area contributed by atoms with Crippen LogP contribution in [-0.4, -0.2) is 44.8 Å². The summed E-state index contributed by atoms with van der Waals surface area (Å²) in [4.78, 5) is 28.2. The molecular formula is C32H28ClF4N3O4S. The van der Waals surface area contributed by atoms with Gasteiger partial charge in [-0.3, -0.25) is 13.9 Å². The molecule has 0 fully saturated rings. The van der Waals surface area contributed by atoms with E-state index in [0.29, 0.717) is 15.9 Å². The molecule has 1 N–H and O–H groups in total. The van der Waals surface area contributed by atoms with Crippen molar-refractivity contribution in [2.45, 2.75) is 30.1 Å². The fraction of sp³-hybridized carbons (Fsp3) is 0.188. The van der Waals surface area contributed by atoms with Crippen molar-refractivity contribution in [3.63, 3.8) is 0 Å². The largest absolute Gasteiger partial charge is 0.417 e. The van der Waals surface area contributed by atoms with Crippen LogP contribution in [-0.2, 0) is 38.8 Å². The van der Waals surface area contributed by atoms with Gasteiger partial charge < -0.3 is 10.2 Å². The Bertz CT molecular complexity index is 1760. The number of carbonyl (C=O) groups is 2. The van der Waals surface area contributed by atoms with E-state index in [1.807, 2.05) is 0 Å². The number of rotatable bonds is 11. The SMILES string of the molecule is CNC(=O)[C@@H](Cc1ccccc1)N(Cc1ccccc1F)C(=O)CN(c1ccc(Cl)c(C(F)(F)F)c1)S(=O)(=O)c1ccccc1. The smallest absolute Gasteiger partial charge is 0.357 e. The Morgan fingerprint density at radius 3 is 2.09 bits per heavy atom. The van der Waals surface area contributed by atoms with Crippen LogP contribution in [0.4, 0.5) is 23.2 Å². The molecule has 4 rings (SSSR count). The Hall–Kier alpha value is -4.42. The third-order valence-corrected chi connectivity index (χ3v) is 9.09. The highest BCUT2D eigenvalue weighted by Gasteiger charge is 2.37. The maximum absolute atomic E-state index is 14.9. The number of benzene rings is 4. The van der Waals surface area contributed by atoms with Gasteiger partial charge in [0.1, 0.15) is 18.4 Å². The molecule has 0 unspecified atom stereocenters. The number of halogens is 5. The van der Waals surface area contributed by atoms with Crippen molar-refractivity contribution in [1.82, 2.24) is 10.2 Å². The van der Waals surface area contributed by atoms with E-state index in [1.54, 1.807) is 36.4 Å². The first-order valence-electron chi connectivity index (χ1n) is 13.6. The number of hydrogen-bond acceptors (Lipinski definition) is 4. The number of anilines is 1. The molecule has 0 saturated heterocycles. The van der Waals surface area contributed by atoms with Crippen molar-refractivity contribution in [3.05, 3.63) is 131 Å². The number of amides is 2. The first-order chi connectivity index (χ1) is 21.3. The van der Waals surface area contributed by atoms with Crippen LogP contribution in [0.2, 0.25) is 5.02 Å². The fourth-order valence-electron chi connectivity index (χ4n) is 4.66. The molecule has 4 aromatic rings. The van der Waals surface area contributed by atoms with E-state index in [-0.39, 0.29) is 16.9 Å². The van der Waals surface area contributed by atoms with Gasteiger partial charge in [-0.15, -0.1) is 0 Å². The molecule has 0 saturated carbocycles. The Morgan fingerprint density at radius 2 is 1.49 bits per heavy atom. The topological polar surface area (TPSA) is 86.8 Å². The summed E-state index contributed by atoms with van der Waals surface area (Å²) in [7, 11) is -3.30. The van der Waals surface area contributed by atoms with Gasteiger partial charge in [-0.1, -0.05) is 78.3 Å². The van der Waals surface area contributed by atoms with Gasteiger partial charge in [-0.25, -0.2) is 12.8 Å². The second kappa shape index (κ2) is 14.1. The van der Waals surface area contributed by atoms with Crippen LogP contribution in [0.15, 0.2) is 108 Å². The van der Waals surface area contributed by atoms with Crippen LogP contribution < -0.4 is 9.62 Å². The van der Waals surface area contributed by atoms with E-state index in [9.17, 15) is 35.6 Å². The number of nitrogens with zero attached hydrogens (tertiary/aromatic N) is 2. The standard InChI is InChI=1S/C32H28ClF4N3O4S/c1-38-31(42)29(18-22-10-4-2-5-11-22)39(20-23-12-8-9-15-28(23)34)30(41)21-40(45(43,44)25-13-6-3-7-14-25)24-16-17-27(33)26(19-24)32(35,36)37/h2-17,19,29H,18,20-21H2,1H3,(H,38,42)/t29-/m1/s1. The first kappa shape index (κ1) is 33.5. The minimum atomic E-state index is -4.93. The average Bonchev–Trinajstić information content (AvgIpc) is 3.02. The lowest BCUT2D eigenvalue weighted by molar-refractivity contribution is -0.139. The number of likely N-dealkylation sites (N-methyl/N-ethyl adjacent to an activating group) is 1. The number of alkyl halides is 3. The monoisotopic (exact) mass is 661 g/mol. The Labute approximate surface area is 263 Å². The molecule has 236 valence electrons. The van der Waals surface area contributed by atoms with Crippen LogP contribution >= 0.6 is 11.6 Å². The number of sulfonamides is 1. The molecule has 0 aliphatic rings. The summed E-state index contributed by atoms with van der Waals surface area (Å²) in [6.45, 7) is -1.46. The van der Waals surface area contributed by atoms with E-state index >= 15 is 0 Å². The van der Waals surface area contributed by atoms with Crippen molar-refractivity contribution < 1.29 is 35.6 Å². The maximum atomic E-state index is 14.9. The highest BCUT2D eigenvalue weighted by molar-refractivity contribution is 7.92. The average molecular weight is 662 g/mol. The maximum Gasteiger partial charge on any atom is 0.417 e. The molecule has 13 heteroatoms. The zero-order chi connectivity index (χ0) is 32.8. The van der Waals surface area contributed by atoms with Gasteiger partial charge >= 0.3 is 6.18 Å². The normalized spacial score (nSPS) is 12.3. The highest BCUT2D eigenvalue weighted by atomic mass is 35.5. The van der Waals surface area contributed by atoms with Gasteiger partial charge in [0, 0.05) is 25.6 Å². The molecule has 0 aromatic heterocycles. The van der Waals surface area contributed by atoms with Gasteiger partial charge in [0.25, 0.3) is 10.0 Å². The molecule has 0 bridgehead atoms. The molecule has 0 radical (unpaired) electrons. The summed E-state index contributed by atoms with van der Waals surface area (Å²) in [5.74, 6) is -2.26. The Morgan fingerprint density at radius 1 is 0.889 bits per heavy atom. The predicted octanol–water partition coefficient (Wildman–Crippen LogP) is 6.08. The second-order valence-electron chi connectivity index (χ2n) is 9.92.